The minimum absolute atomic E-state index is 0.164. The van der Waals surface area contributed by atoms with E-state index in [0.29, 0.717) is 0 Å². The van der Waals surface area contributed by atoms with Gasteiger partial charge in [0.05, 0.1) is 0 Å². The third-order valence-corrected chi connectivity index (χ3v) is 4.40. The second-order valence-corrected chi connectivity index (χ2v) is 5.68. The molecule has 110 valence electrons. The summed E-state index contributed by atoms with van der Waals surface area (Å²) in [6, 6.07) is 13.3. The molecule has 0 radical (unpaired) electrons. The van der Waals surface area contributed by atoms with Crippen LogP contribution in [0.3, 0.4) is 0 Å². The van der Waals surface area contributed by atoms with Crippen LogP contribution in [0.2, 0.25) is 0 Å². The molecular weight excluding hydrogens is 263 g/mol. The standard InChI is InChI=1S/C18H21FN2/c1-2-18(14-6-3-7-15(19)11-14)21-10-9-13-5-4-8-17(20)16(13)12-21/h3-8,11,18H,2,9-10,12,20H2,1H3. The van der Waals surface area contributed by atoms with E-state index in [1.54, 1.807) is 12.1 Å². The van der Waals surface area contributed by atoms with E-state index in [1.807, 2.05) is 18.2 Å². The molecule has 0 saturated carbocycles. The lowest BCUT2D eigenvalue weighted by atomic mass is 9.94. The number of anilines is 1. The molecule has 0 saturated heterocycles. The fourth-order valence-corrected chi connectivity index (χ4v) is 3.31. The number of nitrogen functional groups attached to an aromatic ring is 1. The first-order valence-corrected chi connectivity index (χ1v) is 7.54. The molecule has 0 aromatic heterocycles. The maximum absolute atomic E-state index is 13.5. The molecule has 1 aliphatic heterocycles. The van der Waals surface area contributed by atoms with Crippen LogP contribution in [-0.4, -0.2) is 11.4 Å². The summed E-state index contributed by atoms with van der Waals surface area (Å²) in [6.45, 7) is 3.99. The Morgan fingerprint density at radius 3 is 2.81 bits per heavy atom. The van der Waals surface area contributed by atoms with E-state index < -0.39 is 0 Å². The van der Waals surface area contributed by atoms with Crippen molar-refractivity contribution >= 4 is 5.69 Å². The molecule has 2 aromatic carbocycles. The quantitative estimate of drug-likeness (QED) is 0.866. The lowest BCUT2D eigenvalue weighted by Crippen LogP contribution is -2.34. The average Bonchev–Trinajstić information content (AvgIpc) is 2.49. The fraction of sp³-hybridized carbons (Fsp3) is 0.333. The number of benzene rings is 2. The summed E-state index contributed by atoms with van der Waals surface area (Å²) in [5, 5.41) is 0. The van der Waals surface area contributed by atoms with E-state index in [4.69, 9.17) is 5.73 Å². The summed E-state index contributed by atoms with van der Waals surface area (Å²) < 4.78 is 13.5. The molecule has 3 heteroatoms. The molecule has 0 aliphatic carbocycles. The van der Waals surface area contributed by atoms with Gasteiger partial charge in [-0.3, -0.25) is 4.90 Å². The monoisotopic (exact) mass is 284 g/mol. The highest BCUT2D eigenvalue weighted by Gasteiger charge is 2.24. The van der Waals surface area contributed by atoms with Crippen LogP contribution in [0.4, 0.5) is 10.1 Å². The van der Waals surface area contributed by atoms with Crippen LogP contribution in [0.1, 0.15) is 36.1 Å². The highest BCUT2D eigenvalue weighted by Crippen LogP contribution is 2.32. The van der Waals surface area contributed by atoms with Gasteiger partial charge in [0, 0.05) is 24.8 Å². The van der Waals surface area contributed by atoms with Gasteiger partial charge in [0.15, 0.2) is 0 Å². The summed E-state index contributed by atoms with van der Waals surface area (Å²) >= 11 is 0. The third-order valence-electron chi connectivity index (χ3n) is 4.40. The average molecular weight is 284 g/mol. The van der Waals surface area contributed by atoms with Gasteiger partial charge in [-0.25, -0.2) is 4.39 Å². The largest absolute Gasteiger partial charge is 0.398 e. The van der Waals surface area contributed by atoms with Gasteiger partial charge in [-0.2, -0.15) is 0 Å². The first-order chi connectivity index (χ1) is 10.2. The molecule has 2 N–H and O–H groups in total. The van der Waals surface area contributed by atoms with Crippen molar-refractivity contribution in [3.05, 3.63) is 65.0 Å². The Balaban J connectivity index is 1.88. The highest BCUT2D eigenvalue weighted by atomic mass is 19.1. The molecule has 1 atom stereocenters. The molecule has 21 heavy (non-hydrogen) atoms. The topological polar surface area (TPSA) is 29.3 Å². The number of fused-ring (bicyclic) bond motifs is 1. The van der Waals surface area contributed by atoms with Crippen molar-refractivity contribution in [3.63, 3.8) is 0 Å². The van der Waals surface area contributed by atoms with Gasteiger partial charge in [-0.1, -0.05) is 31.2 Å². The fourth-order valence-electron chi connectivity index (χ4n) is 3.31. The van der Waals surface area contributed by atoms with E-state index in [2.05, 4.69) is 17.9 Å². The Morgan fingerprint density at radius 1 is 1.24 bits per heavy atom. The van der Waals surface area contributed by atoms with Crippen molar-refractivity contribution in [2.45, 2.75) is 32.4 Å². The van der Waals surface area contributed by atoms with Gasteiger partial charge in [0.2, 0.25) is 0 Å². The van der Waals surface area contributed by atoms with Crippen molar-refractivity contribution < 1.29 is 4.39 Å². The smallest absolute Gasteiger partial charge is 0.123 e. The van der Waals surface area contributed by atoms with Crippen LogP contribution in [-0.2, 0) is 13.0 Å². The lowest BCUT2D eigenvalue weighted by Gasteiger charge is -2.36. The normalized spacial score (nSPS) is 16.5. The number of hydrogen-bond acceptors (Lipinski definition) is 2. The zero-order chi connectivity index (χ0) is 14.8. The zero-order valence-corrected chi connectivity index (χ0v) is 12.3. The van der Waals surface area contributed by atoms with Crippen LogP contribution >= 0.6 is 0 Å². The van der Waals surface area contributed by atoms with Crippen LogP contribution in [0.5, 0.6) is 0 Å². The van der Waals surface area contributed by atoms with Gasteiger partial charge in [-0.05, 0) is 47.7 Å². The van der Waals surface area contributed by atoms with E-state index in [1.165, 1.54) is 17.2 Å². The maximum atomic E-state index is 13.5. The van der Waals surface area contributed by atoms with Crippen LogP contribution in [0, 0.1) is 5.82 Å². The Hall–Kier alpha value is -1.87. The highest BCUT2D eigenvalue weighted by molar-refractivity contribution is 5.51. The molecular formula is C18H21FN2. The predicted octanol–water partition coefficient (Wildman–Crippen LogP) is 3.92. The number of halogens is 1. The molecule has 3 rings (SSSR count). The third kappa shape index (κ3) is 2.79. The van der Waals surface area contributed by atoms with E-state index in [0.717, 1.165) is 37.2 Å². The molecule has 2 nitrogen and oxygen atoms in total. The lowest BCUT2D eigenvalue weighted by molar-refractivity contribution is 0.174. The van der Waals surface area contributed by atoms with Crippen LogP contribution < -0.4 is 5.73 Å². The van der Waals surface area contributed by atoms with Gasteiger partial charge >= 0.3 is 0 Å². The Bertz CT molecular complexity index is 639. The summed E-state index contributed by atoms with van der Waals surface area (Å²) in [5.74, 6) is -0.164. The molecule has 1 unspecified atom stereocenters. The summed E-state index contributed by atoms with van der Waals surface area (Å²) in [6.07, 6.45) is 1.97. The van der Waals surface area contributed by atoms with Crippen molar-refractivity contribution in [1.29, 1.82) is 0 Å². The predicted molar refractivity (Wildman–Crippen MR) is 84.4 cm³/mol. The van der Waals surface area contributed by atoms with Gasteiger partial charge in [-0.15, -0.1) is 0 Å². The molecule has 0 spiro atoms. The molecule has 1 heterocycles. The number of rotatable bonds is 3. The molecule has 0 amide bonds. The van der Waals surface area contributed by atoms with E-state index in [-0.39, 0.29) is 11.9 Å². The number of nitrogens with zero attached hydrogens (tertiary/aromatic N) is 1. The first-order valence-electron chi connectivity index (χ1n) is 7.54. The number of hydrogen-bond donors (Lipinski definition) is 1. The second-order valence-electron chi connectivity index (χ2n) is 5.68. The minimum Gasteiger partial charge on any atom is -0.398 e. The first kappa shape index (κ1) is 14.1. The van der Waals surface area contributed by atoms with Crippen molar-refractivity contribution in [2.75, 3.05) is 12.3 Å². The maximum Gasteiger partial charge on any atom is 0.123 e. The van der Waals surface area contributed by atoms with Crippen molar-refractivity contribution in [1.82, 2.24) is 4.90 Å². The van der Waals surface area contributed by atoms with Crippen molar-refractivity contribution in [3.8, 4) is 0 Å². The zero-order valence-electron chi connectivity index (χ0n) is 12.3. The van der Waals surface area contributed by atoms with Gasteiger partial charge < -0.3 is 5.73 Å². The number of nitrogens with two attached hydrogens (primary N) is 1. The van der Waals surface area contributed by atoms with Crippen LogP contribution in [0.25, 0.3) is 0 Å². The molecule has 2 aromatic rings. The molecule has 0 fully saturated rings. The second kappa shape index (κ2) is 5.86. The van der Waals surface area contributed by atoms with E-state index in [9.17, 15) is 4.39 Å². The minimum atomic E-state index is -0.164. The van der Waals surface area contributed by atoms with Gasteiger partial charge in [0.1, 0.15) is 5.82 Å². The van der Waals surface area contributed by atoms with Crippen molar-refractivity contribution in [2.24, 2.45) is 0 Å². The summed E-state index contributed by atoms with van der Waals surface area (Å²) in [5.41, 5.74) is 10.6. The molecule has 1 aliphatic rings. The Morgan fingerprint density at radius 2 is 2.05 bits per heavy atom. The van der Waals surface area contributed by atoms with Crippen LogP contribution in [0.15, 0.2) is 42.5 Å². The Labute approximate surface area is 125 Å². The van der Waals surface area contributed by atoms with E-state index >= 15 is 0 Å². The molecule has 0 bridgehead atoms. The summed E-state index contributed by atoms with van der Waals surface area (Å²) in [4.78, 5) is 2.41. The summed E-state index contributed by atoms with van der Waals surface area (Å²) in [7, 11) is 0. The van der Waals surface area contributed by atoms with Gasteiger partial charge in [0.25, 0.3) is 0 Å². The SMILES string of the molecule is CCC(c1cccc(F)c1)N1CCc2cccc(N)c2C1. The Kier molecular flexibility index (Phi) is 3.93.